The SMILES string of the molecule is N#Cc1cccc(CNC(=O)CCSc2ccccc2F)c1. The number of nitriles is 1. The van der Waals surface area contributed by atoms with Crippen LogP contribution in [0.5, 0.6) is 0 Å². The monoisotopic (exact) mass is 314 g/mol. The van der Waals surface area contributed by atoms with Gasteiger partial charge in [0.2, 0.25) is 5.91 Å². The fraction of sp³-hybridized carbons (Fsp3) is 0.176. The first-order valence-corrected chi connectivity index (χ1v) is 7.80. The number of carbonyl (C=O) groups excluding carboxylic acids is 1. The number of amides is 1. The van der Waals surface area contributed by atoms with Gasteiger partial charge in [-0.1, -0.05) is 24.3 Å². The molecule has 2 rings (SSSR count). The lowest BCUT2D eigenvalue weighted by molar-refractivity contribution is -0.120. The van der Waals surface area contributed by atoms with E-state index in [9.17, 15) is 9.18 Å². The average molecular weight is 314 g/mol. The molecule has 2 aromatic carbocycles. The van der Waals surface area contributed by atoms with Gasteiger partial charge in [0.05, 0.1) is 11.6 Å². The molecule has 0 saturated heterocycles. The van der Waals surface area contributed by atoms with Gasteiger partial charge in [-0.25, -0.2) is 4.39 Å². The number of carbonyl (C=O) groups is 1. The number of hydrogen-bond donors (Lipinski definition) is 1. The number of rotatable bonds is 6. The van der Waals surface area contributed by atoms with E-state index in [1.165, 1.54) is 17.8 Å². The maximum Gasteiger partial charge on any atom is 0.221 e. The third kappa shape index (κ3) is 4.90. The van der Waals surface area contributed by atoms with Gasteiger partial charge in [-0.15, -0.1) is 11.8 Å². The van der Waals surface area contributed by atoms with Crippen molar-refractivity contribution in [3.05, 3.63) is 65.5 Å². The molecular formula is C17H15FN2OS. The Morgan fingerprint density at radius 3 is 2.82 bits per heavy atom. The summed E-state index contributed by atoms with van der Waals surface area (Å²) in [5, 5.41) is 11.6. The van der Waals surface area contributed by atoms with Crippen LogP contribution in [0.3, 0.4) is 0 Å². The highest BCUT2D eigenvalue weighted by molar-refractivity contribution is 7.99. The largest absolute Gasteiger partial charge is 0.352 e. The van der Waals surface area contributed by atoms with Gasteiger partial charge in [-0.3, -0.25) is 4.79 Å². The fourth-order valence-electron chi connectivity index (χ4n) is 1.86. The molecular weight excluding hydrogens is 299 g/mol. The summed E-state index contributed by atoms with van der Waals surface area (Å²) in [5.41, 5.74) is 1.45. The van der Waals surface area contributed by atoms with Gasteiger partial charge in [-0.05, 0) is 29.8 Å². The van der Waals surface area contributed by atoms with E-state index in [0.29, 0.717) is 29.2 Å². The van der Waals surface area contributed by atoms with E-state index < -0.39 is 0 Å². The molecule has 0 aliphatic rings. The van der Waals surface area contributed by atoms with Crippen LogP contribution in [0, 0.1) is 17.1 Å². The van der Waals surface area contributed by atoms with Crippen LogP contribution in [0.2, 0.25) is 0 Å². The van der Waals surface area contributed by atoms with E-state index in [0.717, 1.165) is 5.56 Å². The van der Waals surface area contributed by atoms with Crippen molar-refractivity contribution in [1.82, 2.24) is 5.32 Å². The molecule has 0 fully saturated rings. The lowest BCUT2D eigenvalue weighted by Gasteiger charge is -2.06. The van der Waals surface area contributed by atoms with Crippen LogP contribution in [0.4, 0.5) is 4.39 Å². The lowest BCUT2D eigenvalue weighted by Crippen LogP contribution is -2.23. The minimum atomic E-state index is -0.263. The molecule has 0 unspecified atom stereocenters. The van der Waals surface area contributed by atoms with Crippen molar-refractivity contribution in [3.63, 3.8) is 0 Å². The molecule has 0 aromatic heterocycles. The van der Waals surface area contributed by atoms with Crippen LogP contribution in [-0.4, -0.2) is 11.7 Å². The second-order valence-corrected chi connectivity index (χ2v) is 5.75. The molecule has 0 bridgehead atoms. The zero-order valence-electron chi connectivity index (χ0n) is 11.9. The van der Waals surface area contributed by atoms with Crippen molar-refractivity contribution in [3.8, 4) is 6.07 Å². The van der Waals surface area contributed by atoms with E-state index in [-0.39, 0.29) is 11.7 Å². The van der Waals surface area contributed by atoms with Crippen molar-refractivity contribution in [2.24, 2.45) is 0 Å². The quantitative estimate of drug-likeness (QED) is 0.830. The highest BCUT2D eigenvalue weighted by Gasteiger charge is 2.05. The van der Waals surface area contributed by atoms with E-state index in [4.69, 9.17) is 5.26 Å². The Morgan fingerprint density at radius 1 is 1.23 bits per heavy atom. The molecule has 5 heteroatoms. The van der Waals surface area contributed by atoms with Gasteiger partial charge < -0.3 is 5.32 Å². The van der Waals surface area contributed by atoms with E-state index in [1.807, 2.05) is 6.07 Å². The molecule has 1 amide bonds. The van der Waals surface area contributed by atoms with Crippen molar-refractivity contribution in [2.45, 2.75) is 17.9 Å². The highest BCUT2D eigenvalue weighted by Crippen LogP contribution is 2.21. The van der Waals surface area contributed by atoms with E-state index in [1.54, 1.807) is 36.4 Å². The highest BCUT2D eigenvalue weighted by atomic mass is 32.2. The molecule has 0 heterocycles. The van der Waals surface area contributed by atoms with Gasteiger partial charge in [0.15, 0.2) is 0 Å². The van der Waals surface area contributed by atoms with Gasteiger partial charge in [-0.2, -0.15) is 5.26 Å². The molecule has 112 valence electrons. The van der Waals surface area contributed by atoms with E-state index in [2.05, 4.69) is 11.4 Å². The smallest absolute Gasteiger partial charge is 0.221 e. The Kier molecular flexibility index (Phi) is 5.99. The summed E-state index contributed by atoms with van der Waals surface area (Å²) in [6.45, 7) is 0.388. The van der Waals surface area contributed by atoms with Gasteiger partial charge in [0.1, 0.15) is 5.82 Å². The predicted octanol–water partition coefficient (Wildman–Crippen LogP) is 3.50. The van der Waals surface area contributed by atoms with Crippen LogP contribution in [-0.2, 0) is 11.3 Å². The minimum absolute atomic E-state index is 0.0915. The maximum atomic E-state index is 13.4. The number of nitrogens with one attached hydrogen (secondary N) is 1. The standard InChI is InChI=1S/C17H15FN2OS/c18-15-6-1-2-7-16(15)22-9-8-17(21)20-12-14-5-3-4-13(10-14)11-19/h1-7,10H,8-9,12H2,(H,20,21). The summed E-state index contributed by atoms with van der Waals surface area (Å²) in [7, 11) is 0. The first-order valence-electron chi connectivity index (χ1n) is 6.82. The number of benzene rings is 2. The summed E-state index contributed by atoms with van der Waals surface area (Å²) in [4.78, 5) is 12.3. The number of hydrogen-bond acceptors (Lipinski definition) is 3. The van der Waals surface area contributed by atoms with Gasteiger partial charge >= 0.3 is 0 Å². The number of thioether (sulfide) groups is 1. The Bertz CT molecular complexity index is 697. The second kappa shape index (κ2) is 8.20. The summed E-state index contributed by atoms with van der Waals surface area (Å²) >= 11 is 1.32. The molecule has 2 aromatic rings. The summed E-state index contributed by atoms with van der Waals surface area (Å²) < 4.78 is 13.4. The Hall–Kier alpha value is -2.32. The van der Waals surface area contributed by atoms with E-state index >= 15 is 0 Å². The van der Waals surface area contributed by atoms with Gasteiger partial charge in [0.25, 0.3) is 0 Å². The molecule has 0 atom stereocenters. The third-order valence-corrected chi connectivity index (χ3v) is 4.02. The number of nitrogens with zero attached hydrogens (tertiary/aromatic N) is 1. The van der Waals surface area contributed by atoms with Crippen molar-refractivity contribution in [2.75, 3.05) is 5.75 Å². The molecule has 1 N–H and O–H groups in total. The Balaban J connectivity index is 1.74. The maximum absolute atomic E-state index is 13.4. The molecule has 0 aliphatic carbocycles. The summed E-state index contributed by atoms with van der Waals surface area (Å²) in [6.07, 6.45) is 0.316. The second-order valence-electron chi connectivity index (χ2n) is 4.62. The van der Waals surface area contributed by atoms with Crippen LogP contribution >= 0.6 is 11.8 Å². The fourth-order valence-corrected chi connectivity index (χ4v) is 2.74. The summed E-state index contributed by atoms with van der Waals surface area (Å²) in [5.74, 6) is 0.165. The van der Waals surface area contributed by atoms with Crippen LogP contribution < -0.4 is 5.32 Å². The molecule has 0 saturated carbocycles. The van der Waals surface area contributed by atoms with Crippen molar-refractivity contribution >= 4 is 17.7 Å². The molecule has 22 heavy (non-hydrogen) atoms. The Labute approximate surface area is 133 Å². The van der Waals surface area contributed by atoms with Crippen molar-refractivity contribution < 1.29 is 9.18 Å². The molecule has 3 nitrogen and oxygen atoms in total. The first-order chi connectivity index (χ1) is 10.7. The average Bonchev–Trinajstić information content (AvgIpc) is 2.55. The zero-order chi connectivity index (χ0) is 15.8. The zero-order valence-corrected chi connectivity index (χ0v) is 12.7. The summed E-state index contributed by atoms with van der Waals surface area (Å²) in [6, 6.07) is 15.7. The first kappa shape index (κ1) is 16.1. The normalized spacial score (nSPS) is 10.0. The molecule has 0 aliphatic heterocycles. The predicted molar refractivity (Wildman–Crippen MR) is 84.7 cm³/mol. The van der Waals surface area contributed by atoms with Crippen LogP contribution in [0.1, 0.15) is 17.5 Å². The van der Waals surface area contributed by atoms with Crippen molar-refractivity contribution in [1.29, 1.82) is 5.26 Å². The van der Waals surface area contributed by atoms with Gasteiger partial charge in [0, 0.05) is 23.6 Å². The molecule has 0 radical (unpaired) electrons. The van der Waals surface area contributed by atoms with Crippen LogP contribution in [0.25, 0.3) is 0 Å². The Morgan fingerprint density at radius 2 is 2.05 bits per heavy atom. The molecule has 0 spiro atoms. The third-order valence-electron chi connectivity index (χ3n) is 2.97. The minimum Gasteiger partial charge on any atom is -0.352 e. The topological polar surface area (TPSA) is 52.9 Å². The lowest BCUT2D eigenvalue weighted by atomic mass is 10.1. The number of halogens is 1. The van der Waals surface area contributed by atoms with Crippen LogP contribution in [0.15, 0.2) is 53.4 Å².